The maximum absolute atomic E-state index is 12.7. The minimum absolute atomic E-state index is 1.52. The van der Waals surface area contributed by atoms with Crippen LogP contribution in [0.1, 0.15) is 0 Å². The molecule has 0 rings (SSSR count). The van der Waals surface area contributed by atoms with Gasteiger partial charge in [0.1, 0.15) is 0 Å². The van der Waals surface area contributed by atoms with Crippen LogP contribution in [0, 0.1) is 6.42 Å². The molecule has 0 aromatic heterocycles. The van der Waals surface area contributed by atoms with E-state index in [1.54, 1.807) is 0 Å². The largest absolute Gasteiger partial charge is 0.460 e. The van der Waals surface area contributed by atoms with Crippen LogP contribution in [0.15, 0.2) is 0 Å². The lowest BCUT2D eigenvalue weighted by Crippen LogP contribution is -2.70. The van der Waals surface area contributed by atoms with Crippen molar-refractivity contribution in [1.29, 1.82) is 0 Å². The molecule has 0 spiro atoms. The Labute approximate surface area is 120 Å². The third-order valence-electron chi connectivity index (χ3n) is 2.23. The summed E-state index contributed by atoms with van der Waals surface area (Å²) in [6.07, 6.45) is -15.8. The van der Waals surface area contributed by atoms with Crippen molar-refractivity contribution in [1.82, 2.24) is 0 Å². The minimum Gasteiger partial charge on any atom is -0.199 e. The standard InChI is InChI=1S/C8F16/c9-2(10,1-3(11,12)13)4(14,15)5(16,17)6(18,19)7(20,21)8(22,23)24. The van der Waals surface area contributed by atoms with E-state index in [4.69, 9.17) is 0 Å². The van der Waals surface area contributed by atoms with E-state index in [-0.39, 0.29) is 0 Å². The Kier molecular flexibility index (Phi) is 5.18. The van der Waals surface area contributed by atoms with Gasteiger partial charge in [-0.05, 0) is 0 Å². The summed E-state index contributed by atoms with van der Waals surface area (Å²) in [5.41, 5.74) is 0. The first-order valence-electron chi connectivity index (χ1n) is 4.77. The van der Waals surface area contributed by atoms with Gasteiger partial charge in [0, 0.05) is 0 Å². The van der Waals surface area contributed by atoms with Crippen LogP contribution in [0.4, 0.5) is 70.2 Å². The summed E-state index contributed by atoms with van der Waals surface area (Å²) in [4.78, 5) is 0. The number of alkyl halides is 16. The zero-order valence-electron chi connectivity index (χ0n) is 10.0. The second-order valence-corrected chi connectivity index (χ2v) is 3.99. The van der Waals surface area contributed by atoms with Gasteiger partial charge in [-0.3, -0.25) is 0 Å². The lowest BCUT2D eigenvalue weighted by Gasteiger charge is -2.39. The Bertz CT molecular complexity index is 450. The molecule has 144 valence electrons. The molecule has 0 saturated heterocycles. The first-order chi connectivity index (χ1) is 9.96. The quantitative estimate of drug-likeness (QED) is 0.545. The van der Waals surface area contributed by atoms with Crippen LogP contribution >= 0.6 is 0 Å². The van der Waals surface area contributed by atoms with Crippen molar-refractivity contribution in [3.8, 4) is 0 Å². The predicted molar refractivity (Wildman–Crippen MR) is 40.1 cm³/mol. The third kappa shape index (κ3) is 3.32. The van der Waals surface area contributed by atoms with Crippen LogP contribution in [0.5, 0.6) is 0 Å². The number of hydrogen-bond acceptors (Lipinski definition) is 0. The molecule has 0 aromatic carbocycles. The molecular formula is C8F16. The lowest BCUT2D eigenvalue weighted by atomic mass is 9.92. The molecule has 0 nitrogen and oxygen atoms in total. The molecule has 0 aliphatic heterocycles. The van der Waals surface area contributed by atoms with E-state index in [9.17, 15) is 70.2 Å². The molecule has 2 radical (unpaired) electrons. The summed E-state index contributed by atoms with van der Waals surface area (Å²) in [5.74, 6) is -39.9. The van der Waals surface area contributed by atoms with Gasteiger partial charge in [0.05, 0.1) is 0 Å². The molecule has 0 N–H and O–H groups in total. The molecule has 16 heteroatoms. The van der Waals surface area contributed by atoms with Crippen LogP contribution in [-0.2, 0) is 0 Å². The SMILES string of the molecule is FC(F)(F)[C]C(F)(F)C(F)(F)C(F)(F)C(F)(F)C(F)(F)C(F)(F)F. The third-order valence-corrected chi connectivity index (χ3v) is 2.23. The Balaban J connectivity index is 6.21. The van der Waals surface area contributed by atoms with Gasteiger partial charge in [-0.1, -0.05) is 0 Å². The molecule has 0 saturated carbocycles. The number of halogens is 16. The molecule has 24 heavy (non-hydrogen) atoms. The monoisotopic (exact) mass is 400 g/mol. The maximum Gasteiger partial charge on any atom is 0.460 e. The highest BCUT2D eigenvalue weighted by Crippen LogP contribution is 2.61. The van der Waals surface area contributed by atoms with Crippen LogP contribution in [0.3, 0.4) is 0 Å². The average Bonchev–Trinajstić information content (AvgIpc) is 2.22. The van der Waals surface area contributed by atoms with Gasteiger partial charge in [0.25, 0.3) is 0 Å². The molecule has 0 aliphatic carbocycles. The Morgan fingerprint density at radius 1 is 0.375 bits per heavy atom. The fraction of sp³-hybridized carbons (Fsp3) is 0.875. The molecule has 0 aromatic rings. The molecule has 0 amide bonds. The molecule has 0 aliphatic rings. The Hall–Kier alpha value is -1.12. The highest BCUT2D eigenvalue weighted by Gasteiger charge is 2.91. The molecule has 0 atom stereocenters. The van der Waals surface area contributed by atoms with Crippen molar-refractivity contribution in [3.05, 3.63) is 6.42 Å². The summed E-state index contributed by atoms with van der Waals surface area (Å²) in [7, 11) is 0. The van der Waals surface area contributed by atoms with Crippen molar-refractivity contribution in [3.63, 3.8) is 0 Å². The zero-order chi connectivity index (χ0) is 20.2. The van der Waals surface area contributed by atoms with E-state index in [1.807, 2.05) is 0 Å². The van der Waals surface area contributed by atoms with E-state index in [0.29, 0.717) is 0 Å². The Morgan fingerprint density at radius 2 is 0.667 bits per heavy atom. The van der Waals surface area contributed by atoms with Crippen molar-refractivity contribution in [2.45, 2.75) is 42.0 Å². The van der Waals surface area contributed by atoms with Crippen LogP contribution in [-0.4, -0.2) is 42.0 Å². The number of hydrogen-bond donors (Lipinski definition) is 0. The van der Waals surface area contributed by atoms with E-state index in [1.165, 1.54) is 0 Å². The molecule has 0 unspecified atom stereocenters. The normalized spacial score (nSPS) is 16.5. The first-order valence-corrected chi connectivity index (χ1v) is 4.77. The van der Waals surface area contributed by atoms with Gasteiger partial charge < -0.3 is 0 Å². The van der Waals surface area contributed by atoms with Crippen LogP contribution < -0.4 is 0 Å². The van der Waals surface area contributed by atoms with E-state index in [2.05, 4.69) is 0 Å². The molecular weight excluding hydrogens is 400 g/mol. The van der Waals surface area contributed by atoms with Gasteiger partial charge >= 0.3 is 42.0 Å². The second-order valence-electron chi connectivity index (χ2n) is 3.99. The summed E-state index contributed by atoms with van der Waals surface area (Å²) in [6, 6.07) is 0. The minimum atomic E-state index is -8.26. The maximum atomic E-state index is 12.7. The first kappa shape index (κ1) is 22.9. The van der Waals surface area contributed by atoms with Crippen LogP contribution in [0.25, 0.3) is 0 Å². The van der Waals surface area contributed by atoms with Crippen molar-refractivity contribution in [2.24, 2.45) is 0 Å². The summed E-state index contributed by atoms with van der Waals surface area (Å²) >= 11 is 0. The van der Waals surface area contributed by atoms with Crippen LogP contribution in [0.2, 0.25) is 0 Å². The zero-order valence-corrected chi connectivity index (χ0v) is 10.0. The second kappa shape index (κ2) is 5.44. The van der Waals surface area contributed by atoms with E-state index < -0.39 is 48.4 Å². The smallest absolute Gasteiger partial charge is 0.199 e. The molecule has 0 fully saturated rings. The Morgan fingerprint density at radius 3 is 0.917 bits per heavy atom. The predicted octanol–water partition coefficient (Wildman–Crippen LogP) is 5.37. The van der Waals surface area contributed by atoms with E-state index >= 15 is 0 Å². The highest BCUT2D eigenvalue weighted by molar-refractivity contribution is 5.14. The fourth-order valence-electron chi connectivity index (χ4n) is 1.03. The highest BCUT2D eigenvalue weighted by atomic mass is 19.4. The average molecular weight is 400 g/mol. The van der Waals surface area contributed by atoms with Crippen molar-refractivity contribution < 1.29 is 70.2 Å². The summed E-state index contributed by atoms with van der Waals surface area (Å²) in [6.45, 7) is 0. The topological polar surface area (TPSA) is 0 Å². The summed E-state index contributed by atoms with van der Waals surface area (Å²) < 4.78 is 195. The van der Waals surface area contributed by atoms with E-state index in [0.717, 1.165) is 0 Å². The van der Waals surface area contributed by atoms with Gasteiger partial charge in [-0.25, -0.2) is 0 Å². The summed E-state index contributed by atoms with van der Waals surface area (Å²) in [5, 5.41) is 0. The number of rotatable bonds is 5. The van der Waals surface area contributed by atoms with Gasteiger partial charge in [0.15, 0.2) is 6.42 Å². The molecule has 0 bridgehead atoms. The van der Waals surface area contributed by atoms with Gasteiger partial charge in [-0.15, -0.1) is 0 Å². The lowest BCUT2D eigenvalue weighted by molar-refractivity contribution is -0.438. The van der Waals surface area contributed by atoms with Crippen molar-refractivity contribution in [2.75, 3.05) is 0 Å². The van der Waals surface area contributed by atoms with Crippen molar-refractivity contribution >= 4 is 0 Å². The fourth-order valence-corrected chi connectivity index (χ4v) is 1.03. The van der Waals surface area contributed by atoms with Gasteiger partial charge in [-0.2, -0.15) is 70.2 Å². The molecule has 0 heterocycles. The van der Waals surface area contributed by atoms with Gasteiger partial charge in [0.2, 0.25) is 0 Å².